The van der Waals surface area contributed by atoms with E-state index >= 15 is 0 Å². The van der Waals surface area contributed by atoms with E-state index in [1.54, 1.807) is 12.1 Å². The maximum atomic E-state index is 9.30. The lowest BCUT2D eigenvalue weighted by molar-refractivity contribution is 0.368. The molecule has 4 heteroatoms. The molecule has 100 valence electrons. The monoisotopic (exact) mass is 266 g/mol. The van der Waals surface area contributed by atoms with Gasteiger partial charge < -0.3 is 14.8 Å². The molecule has 0 bridgehead atoms. The Balaban J connectivity index is 2.03. The van der Waals surface area contributed by atoms with Gasteiger partial charge in [0.1, 0.15) is 12.4 Å². The number of rotatable bonds is 3. The maximum Gasteiger partial charge on any atom is 0.492 e. The SMILES string of the molecule is Cc1ccc(OCC#Cc2ccccc2)c(B(O)O)c1. The van der Waals surface area contributed by atoms with E-state index in [0.29, 0.717) is 11.2 Å². The first-order chi connectivity index (χ1) is 9.66. The molecular weight excluding hydrogens is 251 g/mol. The predicted octanol–water partition coefficient (Wildman–Crippen LogP) is 1.11. The average molecular weight is 266 g/mol. The molecule has 0 aliphatic heterocycles. The fraction of sp³-hybridized carbons (Fsp3) is 0.125. The molecule has 2 aromatic rings. The van der Waals surface area contributed by atoms with Crippen LogP contribution < -0.4 is 10.2 Å². The summed E-state index contributed by atoms with van der Waals surface area (Å²) < 4.78 is 5.48. The maximum absolute atomic E-state index is 9.30. The summed E-state index contributed by atoms with van der Waals surface area (Å²) in [7, 11) is -1.55. The van der Waals surface area contributed by atoms with Gasteiger partial charge in [-0.25, -0.2) is 0 Å². The van der Waals surface area contributed by atoms with Gasteiger partial charge in [0, 0.05) is 11.0 Å². The molecule has 0 aromatic heterocycles. The zero-order valence-electron chi connectivity index (χ0n) is 11.2. The Bertz CT molecular complexity index is 627. The lowest BCUT2D eigenvalue weighted by atomic mass is 9.79. The predicted molar refractivity (Wildman–Crippen MR) is 79.8 cm³/mol. The highest BCUT2D eigenvalue weighted by Gasteiger charge is 2.16. The lowest BCUT2D eigenvalue weighted by Crippen LogP contribution is -2.31. The quantitative estimate of drug-likeness (QED) is 0.646. The summed E-state index contributed by atoms with van der Waals surface area (Å²) in [6.07, 6.45) is 0. The van der Waals surface area contributed by atoms with Gasteiger partial charge in [0.05, 0.1) is 0 Å². The minimum absolute atomic E-state index is 0.192. The third-order valence-electron chi connectivity index (χ3n) is 2.75. The highest BCUT2D eigenvalue weighted by molar-refractivity contribution is 6.59. The van der Waals surface area contributed by atoms with Crippen LogP contribution in [0.15, 0.2) is 48.5 Å². The van der Waals surface area contributed by atoms with Crippen LogP contribution in [-0.4, -0.2) is 23.8 Å². The van der Waals surface area contributed by atoms with Crippen molar-refractivity contribution >= 4 is 12.6 Å². The van der Waals surface area contributed by atoms with Gasteiger partial charge in [0.2, 0.25) is 0 Å². The minimum atomic E-state index is -1.55. The van der Waals surface area contributed by atoms with Crippen LogP contribution in [0.2, 0.25) is 0 Å². The zero-order chi connectivity index (χ0) is 14.4. The topological polar surface area (TPSA) is 49.7 Å². The highest BCUT2D eigenvalue weighted by atomic mass is 16.5. The Morgan fingerprint density at radius 3 is 2.55 bits per heavy atom. The van der Waals surface area contributed by atoms with Gasteiger partial charge in [-0.05, 0) is 25.1 Å². The Morgan fingerprint density at radius 1 is 1.10 bits per heavy atom. The summed E-state index contributed by atoms with van der Waals surface area (Å²) in [5.41, 5.74) is 2.21. The molecule has 0 unspecified atom stereocenters. The fourth-order valence-electron chi connectivity index (χ4n) is 1.77. The van der Waals surface area contributed by atoms with E-state index < -0.39 is 7.12 Å². The molecule has 0 spiro atoms. The second kappa shape index (κ2) is 6.81. The third-order valence-corrected chi connectivity index (χ3v) is 2.75. The van der Waals surface area contributed by atoms with Crippen molar-refractivity contribution in [2.24, 2.45) is 0 Å². The van der Waals surface area contributed by atoms with Crippen molar-refractivity contribution in [2.75, 3.05) is 6.61 Å². The lowest BCUT2D eigenvalue weighted by Gasteiger charge is -2.09. The zero-order valence-corrected chi connectivity index (χ0v) is 11.2. The van der Waals surface area contributed by atoms with Gasteiger partial charge in [0.25, 0.3) is 0 Å². The first kappa shape index (κ1) is 14.2. The molecule has 0 atom stereocenters. The van der Waals surface area contributed by atoms with Crippen molar-refractivity contribution < 1.29 is 14.8 Å². The van der Waals surface area contributed by atoms with Crippen LogP contribution in [0.3, 0.4) is 0 Å². The van der Waals surface area contributed by atoms with Crippen molar-refractivity contribution in [1.82, 2.24) is 0 Å². The molecule has 0 fully saturated rings. The summed E-state index contributed by atoms with van der Waals surface area (Å²) in [5, 5.41) is 18.6. The van der Waals surface area contributed by atoms with Crippen LogP contribution in [0, 0.1) is 18.8 Å². The van der Waals surface area contributed by atoms with Gasteiger partial charge >= 0.3 is 7.12 Å². The van der Waals surface area contributed by atoms with Crippen LogP contribution in [0.4, 0.5) is 0 Å². The van der Waals surface area contributed by atoms with E-state index in [0.717, 1.165) is 11.1 Å². The van der Waals surface area contributed by atoms with E-state index in [9.17, 15) is 10.0 Å². The van der Waals surface area contributed by atoms with Gasteiger partial charge in [-0.2, -0.15) is 0 Å². The largest absolute Gasteiger partial charge is 0.492 e. The molecule has 2 N–H and O–H groups in total. The van der Waals surface area contributed by atoms with Gasteiger partial charge in [-0.15, -0.1) is 0 Å². The molecule has 2 aromatic carbocycles. The van der Waals surface area contributed by atoms with Crippen molar-refractivity contribution in [2.45, 2.75) is 6.92 Å². The number of aryl methyl sites for hydroxylation is 1. The van der Waals surface area contributed by atoms with Crippen molar-refractivity contribution in [3.8, 4) is 17.6 Å². The normalized spacial score (nSPS) is 9.55. The van der Waals surface area contributed by atoms with Crippen molar-refractivity contribution in [3.63, 3.8) is 0 Å². The number of hydrogen-bond donors (Lipinski definition) is 2. The van der Waals surface area contributed by atoms with Crippen LogP contribution in [-0.2, 0) is 0 Å². The van der Waals surface area contributed by atoms with Gasteiger partial charge in [0.15, 0.2) is 0 Å². The summed E-state index contributed by atoms with van der Waals surface area (Å²) >= 11 is 0. The molecule has 0 aliphatic carbocycles. The molecule has 0 aliphatic rings. The summed E-state index contributed by atoms with van der Waals surface area (Å²) in [4.78, 5) is 0. The Labute approximate surface area is 119 Å². The molecule has 0 radical (unpaired) electrons. The van der Waals surface area contributed by atoms with Crippen LogP contribution in [0.25, 0.3) is 0 Å². The van der Waals surface area contributed by atoms with Crippen LogP contribution >= 0.6 is 0 Å². The third kappa shape index (κ3) is 3.89. The standard InChI is InChI=1S/C16H15BO3/c1-13-9-10-16(15(12-13)17(18)19)20-11-5-8-14-6-3-2-4-7-14/h2-4,6-7,9-10,12,18-19H,11H2,1H3. The molecule has 20 heavy (non-hydrogen) atoms. The second-order valence-electron chi connectivity index (χ2n) is 4.37. The molecular formula is C16H15BO3. The Hall–Kier alpha value is -2.22. The van der Waals surface area contributed by atoms with E-state index in [1.807, 2.05) is 43.3 Å². The molecule has 0 saturated carbocycles. The summed E-state index contributed by atoms with van der Waals surface area (Å²) in [5.74, 6) is 6.31. The van der Waals surface area contributed by atoms with E-state index in [1.165, 1.54) is 0 Å². The van der Waals surface area contributed by atoms with Crippen molar-refractivity contribution in [1.29, 1.82) is 0 Å². The van der Waals surface area contributed by atoms with E-state index in [4.69, 9.17) is 4.74 Å². The van der Waals surface area contributed by atoms with Crippen LogP contribution in [0.5, 0.6) is 5.75 Å². The average Bonchev–Trinajstić information content (AvgIpc) is 2.45. The first-order valence-electron chi connectivity index (χ1n) is 6.30. The Morgan fingerprint density at radius 2 is 1.85 bits per heavy atom. The molecule has 2 rings (SSSR count). The number of ether oxygens (including phenoxy) is 1. The molecule has 3 nitrogen and oxygen atoms in total. The first-order valence-corrected chi connectivity index (χ1v) is 6.30. The Kier molecular flexibility index (Phi) is 4.83. The summed E-state index contributed by atoms with van der Waals surface area (Å²) in [6, 6.07) is 14.9. The second-order valence-corrected chi connectivity index (χ2v) is 4.37. The van der Waals surface area contributed by atoms with E-state index in [2.05, 4.69) is 11.8 Å². The van der Waals surface area contributed by atoms with Gasteiger partial charge in [-0.1, -0.05) is 47.7 Å². The molecule has 0 saturated heterocycles. The van der Waals surface area contributed by atoms with Crippen molar-refractivity contribution in [3.05, 3.63) is 59.7 Å². The van der Waals surface area contributed by atoms with E-state index in [-0.39, 0.29) is 6.61 Å². The fourth-order valence-corrected chi connectivity index (χ4v) is 1.77. The molecule has 0 amide bonds. The number of benzene rings is 2. The number of hydrogen-bond acceptors (Lipinski definition) is 3. The summed E-state index contributed by atoms with van der Waals surface area (Å²) in [6.45, 7) is 2.07. The highest BCUT2D eigenvalue weighted by Crippen LogP contribution is 2.09. The molecule has 0 heterocycles. The minimum Gasteiger partial charge on any atom is -0.481 e. The van der Waals surface area contributed by atoms with Crippen LogP contribution in [0.1, 0.15) is 11.1 Å². The van der Waals surface area contributed by atoms with Gasteiger partial charge in [-0.3, -0.25) is 0 Å². The smallest absolute Gasteiger partial charge is 0.481 e.